The third-order valence-electron chi connectivity index (χ3n) is 4.10. The predicted octanol–water partition coefficient (Wildman–Crippen LogP) is 3.45. The van der Waals surface area contributed by atoms with Crippen molar-refractivity contribution in [3.05, 3.63) is 63.7 Å². The van der Waals surface area contributed by atoms with Crippen molar-refractivity contribution >= 4 is 29.0 Å². The molecule has 0 aliphatic heterocycles. The summed E-state index contributed by atoms with van der Waals surface area (Å²) in [7, 11) is 0. The van der Waals surface area contributed by atoms with Gasteiger partial charge in [0.25, 0.3) is 5.69 Å². The number of carbonyl (C=O) groups is 3. The van der Waals surface area contributed by atoms with Gasteiger partial charge in [0.2, 0.25) is 11.7 Å². The van der Waals surface area contributed by atoms with Crippen LogP contribution in [0.2, 0.25) is 0 Å². The van der Waals surface area contributed by atoms with E-state index >= 15 is 0 Å². The molecule has 0 radical (unpaired) electrons. The topological polar surface area (TPSA) is 125 Å². The van der Waals surface area contributed by atoms with Crippen molar-refractivity contribution in [1.29, 1.82) is 0 Å². The zero-order valence-electron chi connectivity index (χ0n) is 16.7. The molecule has 0 aliphatic carbocycles. The van der Waals surface area contributed by atoms with Crippen LogP contribution in [0.15, 0.2) is 42.5 Å². The molecular formula is C21H22N2O7. The molecule has 0 bridgehead atoms. The van der Waals surface area contributed by atoms with Crippen LogP contribution in [0.4, 0.5) is 11.4 Å². The monoisotopic (exact) mass is 414 g/mol. The largest absolute Gasteiger partial charge is 0.494 e. The molecule has 2 rings (SSSR count). The number of carbonyl (C=O) groups excluding carboxylic acids is 3. The Kier molecular flexibility index (Phi) is 8.04. The zero-order chi connectivity index (χ0) is 22.1. The van der Waals surface area contributed by atoms with E-state index in [-0.39, 0.29) is 30.0 Å². The first-order valence-corrected chi connectivity index (χ1v) is 9.26. The third kappa shape index (κ3) is 6.69. The number of nitrogens with one attached hydrogen (secondary N) is 1. The molecule has 0 saturated heterocycles. The van der Waals surface area contributed by atoms with E-state index in [0.717, 1.165) is 6.07 Å². The summed E-state index contributed by atoms with van der Waals surface area (Å²) >= 11 is 0. The highest BCUT2D eigenvalue weighted by molar-refractivity contribution is 5.99. The summed E-state index contributed by atoms with van der Waals surface area (Å²) in [6.07, 6.45) is -0.319. The molecule has 0 atom stereocenters. The van der Waals surface area contributed by atoms with Gasteiger partial charge in [0, 0.05) is 29.3 Å². The van der Waals surface area contributed by atoms with Crippen LogP contribution in [0.1, 0.15) is 35.7 Å². The Hall–Kier alpha value is -3.75. The van der Waals surface area contributed by atoms with Crippen molar-refractivity contribution in [2.45, 2.75) is 26.7 Å². The number of ether oxygens (including phenoxy) is 2. The molecule has 158 valence electrons. The molecule has 0 aromatic heterocycles. The number of ketones is 1. The first-order chi connectivity index (χ1) is 14.3. The van der Waals surface area contributed by atoms with Crippen molar-refractivity contribution in [3.8, 4) is 5.75 Å². The maximum atomic E-state index is 12.1. The molecule has 0 heterocycles. The summed E-state index contributed by atoms with van der Waals surface area (Å²) in [4.78, 5) is 46.2. The Morgan fingerprint density at radius 3 is 2.40 bits per heavy atom. The van der Waals surface area contributed by atoms with E-state index in [1.807, 2.05) is 6.92 Å². The Morgan fingerprint density at radius 2 is 1.77 bits per heavy atom. The molecule has 0 spiro atoms. The van der Waals surface area contributed by atoms with E-state index in [0.29, 0.717) is 23.6 Å². The number of nitro benzene ring substituents is 1. The minimum absolute atomic E-state index is 0.0772. The van der Waals surface area contributed by atoms with Crippen LogP contribution < -0.4 is 10.1 Å². The van der Waals surface area contributed by atoms with Gasteiger partial charge >= 0.3 is 5.97 Å². The summed E-state index contributed by atoms with van der Waals surface area (Å²) < 4.78 is 10.2. The predicted molar refractivity (Wildman–Crippen MR) is 109 cm³/mol. The molecule has 9 heteroatoms. The Morgan fingerprint density at radius 1 is 1.07 bits per heavy atom. The van der Waals surface area contributed by atoms with E-state index in [1.165, 1.54) is 12.1 Å². The maximum absolute atomic E-state index is 12.1. The average Bonchev–Trinajstić information content (AvgIpc) is 2.72. The van der Waals surface area contributed by atoms with Crippen molar-refractivity contribution in [2.24, 2.45) is 0 Å². The minimum Gasteiger partial charge on any atom is -0.494 e. The van der Waals surface area contributed by atoms with Crippen LogP contribution in [0.5, 0.6) is 5.75 Å². The quantitative estimate of drug-likeness (QED) is 0.273. The van der Waals surface area contributed by atoms with Gasteiger partial charge in [-0.2, -0.15) is 0 Å². The first-order valence-electron chi connectivity index (χ1n) is 9.26. The number of amides is 1. The molecule has 1 amide bonds. The third-order valence-corrected chi connectivity index (χ3v) is 4.10. The van der Waals surface area contributed by atoms with Gasteiger partial charge in [-0.25, -0.2) is 0 Å². The van der Waals surface area contributed by atoms with Crippen LogP contribution >= 0.6 is 0 Å². The Bertz CT molecular complexity index is 939. The Labute approximate surface area is 173 Å². The second-order valence-corrected chi connectivity index (χ2v) is 6.35. The summed E-state index contributed by atoms with van der Waals surface area (Å²) in [6.45, 7) is 3.41. The summed E-state index contributed by atoms with van der Waals surface area (Å²) in [5.41, 5.74) is 0.881. The highest BCUT2D eigenvalue weighted by Crippen LogP contribution is 2.20. The van der Waals surface area contributed by atoms with Gasteiger partial charge in [-0.05, 0) is 38.1 Å². The maximum Gasteiger partial charge on any atom is 0.306 e. The molecule has 2 aromatic carbocycles. The number of aryl methyl sites for hydroxylation is 1. The van der Waals surface area contributed by atoms with E-state index in [2.05, 4.69) is 5.32 Å². The van der Waals surface area contributed by atoms with Crippen LogP contribution in [-0.2, 0) is 14.3 Å². The average molecular weight is 414 g/mol. The summed E-state index contributed by atoms with van der Waals surface area (Å²) in [6, 6.07) is 10.8. The number of hydrogen-bond donors (Lipinski definition) is 1. The van der Waals surface area contributed by atoms with Crippen molar-refractivity contribution < 1.29 is 28.8 Å². The molecule has 0 aliphatic rings. The van der Waals surface area contributed by atoms with Crippen LogP contribution in [0.25, 0.3) is 0 Å². The van der Waals surface area contributed by atoms with Crippen molar-refractivity contribution in [1.82, 2.24) is 0 Å². The highest BCUT2D eigenvalue weighted by Gasteiger charge is 2.17. The highest BCUT2D eigenvalue weighted by atomic mass is 16.6. The smallest absolute Gasteiger partial charge is 0.306 e. The molecule has 0 fully saturated rings. The number of benzene rings is 2. The van der Waals surface area contributed by atoms with Gasteiger partial charge in [0.05, 0.1) is 18.0 Å². The summed E-state index contributed by atoms with van der Waals surface area (Å²) in [5.74, 6) is -0.976. The normalized spacial score (nSPS) is 10.2. The lowest BCUT2D eigenvalue weighted by atomic mass is 10.1. The number of hydrogen-bond acceptors (Lipinski definition) is 7. The van der Waals surface area contributed by atoms with Crippen LogP contribution in [0.3, 0.4) is 0 Å². The van der Waals surface area contributed by atoms with Gasteiger partial charge in [-0.15, -0.1) is 0 Å². The number of anilines is 1. The molecule has 30 heavy (non-hydrogen) atoms. The summed E-state index contributed by atoms with van der Waals surface area (Å²) in [5, 5.41) is 13.6. The van der Waals surface area contributed by atoms with Gasteiger partial charge in [0.15, 0.2) is 6.61 Å². The number of Topliss-reactive ketones (excluding diaryl/α,β-unsaturated/α-hetero) is 1. The Balaban J connectivity index is 1.77. The van der Waals surface area contributed by atoms with E-state index in [4.69, 9.17) is 9.47 Å². The fraction of sp³-hybridized carbons (Fsp3) is 0.286. The molecule has 2 aromatic rings. The minimum atomic E-state index is -0.716. The van der Waals surface area contributed by atoms with Gasteiger partial charge in [-0.1, -0.05) is 12.1 Å². The lowest BCUT2D eigenvalue weighted by Crippen LogP contribution is -2.17. The van der Waals surface area contributed by atoms with E-state index in [1.54, 1.807) is 31.2 Å². The molecule has 9 nitrogen and oxygen atoms in total. The van der Waals surface area contributed by atoms with Gasteiger partial charge in [0.1, 0.15) is 5.75 Å². The SMILES string of the molecule is CCOc1ccc(NC(=O)CCC(=O)OCC(=O)c2ccc(C)c([N+](=O)[O-])c2)cc1. The fourth-order valence-corrected chi connectivity index (χ4v) is 2.52. The number of nitrogens with zero attached hydrogens (tertiary/aromatic N) is 1. The van der Waals surface area contributed by atoms with E-state index in [9.17, 15) is 24.5 Å². The molecule has 1 N–H and O–H groups in total. The van der Waals surface area contributed by atoms with Crippen molar-refractivity contribution in [3.63, 3.8) is 0 Å². The second-order valence-electron chi connectivity index (χ2n) is 6.35. The molecular weight excluding hydrogens is 392 g/mol. The first kappa shape index (κ1) is 22.5. The van der Waals surface area contributed by atoms with E-state index < -0.39 is 23.3 Å². The number of nitro groups is 1. The molecule has 0 saturated carbocycles. The zero-order valence-corrected chi connectivity index (χ0v) is 16.7. The van der Waals surface area contributed by atoms with Gasteiger partial charge < -0.3 is 14.8 Å². The standard InChI is InChI=1S/C21H22N2O7/c1-3-29-17-8-6-16(7-9-17)22-20(25)10-11-21(26)30-13-19(24)15-5-4-14(2)18(12-15)23(27)28/h4-9,12H,3,10-11,13H2,1-2H3,(H,22,25). The lowest BCUT2D eigenvalue weighted by molar-refractivity contribution is -0.385. The van der Waals surface area contributed by atoms with Gasteiger partial charge in [-0.3, -0.25) is 24.5 Å². The fourth-order valence-electron chi connectivity index (χ4n) is 2.52. The second kappa shape index (κ2) is 10.7. The van der Waals surface area contributed by atoms with Crippen LogP contribution in [-0.4, -0.2) is 35.8 Å². The van der Waals surface area contributed by atoms with Crippen molar-refractivity contribution in [2.75, 3.05) is 18.5 Å². The molecule has 0 unspecified atom stereocenters. The lowest BCUT2D eigenvalue weighted by Gasteiger charge is -2.07. The number of esters is 1. The van der Waals surface area contributed by atoms with Crippen LogP contribution in [0, 0.1) is 17.0 Å². The number of rotatable bonds is 10.